The molecule has 2 unspecified atom stereocenters. The highest BCUT2D eigenvalue weighted by Gasteiger charge is 2.51. The number of amides is 3. The molecule has 21 heteroatoms. The zero-order valence-corrected chi connectivity index (χ0v) is 41.0. The maximum absolute atomic E-state index is 13.9. The molecule has 20 nitrogen and oxygen atoms in total. The Kier molecular flexibility index (Phi) is 16.9. The van der Waals surface area contributed by atoms with Crippen molar-refractivity contribution in [1.29, 1.82) is 0 Å². The van der Waals surface area contributed by atoms with Gasteiger partial charge >= 0.3 is 30.2 Å². The summed E-state index contributed by atoms with van der Waals surface area (Å²) in [6, 6.07) is 5.56. The number of benzene rings is 1. The third kappa shape index (κ3) is 16.5. The second kappa shape index (κ2) is 21.1. The summed E-state index contributed by atoms with van der Waals surface area (Å²) < 4.78 is 31.8. The van der Waals surface area contributed by atoms with Gasteiger partial charge in [-0.1, -0.05) is 11.2 Å². The fourth-order valence-electron chi connectivity index (χ4n) is 6.27. The minimum Gasteiger partial charge on any atom is -0.485 e. The van der Waals surface area contributed by atoms with Crippen molar-refractivity contribution in [2.24, 2.45) is 5.16 Å². The van der Waals surface area contributed by atoms with Crippen LogP contribution in [-0.2, 0) is 52.9 Å². The van der Waals surface area contributed by atoms with Crippen molar-refractivity contribution in [1.82, 2.24) is 20.3 Å². The molecular formula is C45H66N7O13S+. The maximum atomic E-state index is 13.9. The number of aliphatic carboxylic acids is 1. The van der Waals surface area contributed by atoms with E-state index >= 15 is 0 Å². The number of alkyl carbamates (subject to hydrolysis) is 2. The van der Waals surface area contributed by atoms with E-state index in [1.807, 2.05) is 33.9 Å². The summed E-state index contributed by atoms with van der Waals surface area (Å²) in [7, 11) is 0. The van der Waals surface area contributed by atoms with E-state index in [1.165, 1.54) is 12.3 Å². The monoisotopic (exact) mass is 944 g/mol. The fourth-order valence-corrected chi connectivity index (χ4v) is 6.95. The molecule has 364 valence electrons. The first-order chi connectivity index (χ1) is 30.4. The van der Waals surface area contributed by atoms with Crippen LogP contribution in [0, 0.1) is 0 Å². The third-order valence-corrected chi connectivity index (χ3v) is 9.82. The second-order valence-corrected chi connectivity index (χ2v) is 20.8. The Balaban J connectivity index is 1.58. The molecule has 0 aliphatic carbocycles. The first-order valence-corrected chi connectivity index (χ1v) is 22.5. The fraction of sp³-hybridized carbons (Fsp3) is 0.600. The van der Waals surface area contributed by atoms with E-state index in [1.54, 1.807) is 89.2 Å². The summed E-state index contributed by atoms with van der Waals surface area (Å²) in [5.74, 6) is -1.88. The number of carboxylic acids is 1. The van der Waals surface area contributed by atoms with Crippen LogP contribution in [0.25, 0.3) is 11.1 Å². The van der Waals surface area contributed by atoms with E-state index in [4.69, 9.17) is 28.5 Å². The number of nitrogens with zero attached hydrogens (tertiary/aromatic N) is 4. The second-order valence-electron chi connectivity index (χ2n) is 19.9. The summed E-state index contributed by atoms with van der Waals surface area (Å²) >= 11 is 0.943. The number of aryl methyl sites for hydroxylation is 2. The van der Waals surface area contributed by atoms with Crippen molar-refractivity contribution in [2.75, 3.05) is 18.4 Å². The quantitative estimate of drug-likeness (QED) is 0.0262. The number of oxime groups is 1. The number of esters is 1. The minimum atomic E-state index is -1.95. The summed E-state index contributed by atoms with van der Waals surface area (Å²) in [4.78, 5) is 73.3. The zero-order valence-electron chi connectivity index (χ0n) is 40.2. The van der Waals surface area contributed by atoms with Crippen LogP contribution in [0.4, 0.5) is 19.5 Å². The van der Waals surface area contributed by atoms with Crippen LogP contribution in [0.1, 0.15) is 114 Å². The third-order valence-electron chi connectivity index (χ3n) is 9.06. The smallest absolute Gasteiger partial charge is 0.413 e. The number of ether oxygens (including phenoxy) is 5. The highest BCUT2D eigenvalue weighted by Crippen LogP contribution is 2.37. The number of rotatable bonds is 16. The summed E-state index contributed by atoms with van der Waals surface area (Å²) in [6.45, 7) is 23.0. The highest BCUT2D eigenvalue weighted by atomic mass is 32.1. The molecule has 66 heavy (non-hydrogen) atoms. The molecule has 1 aliphatic rings. The zero-order chi connectivity index (χ0) is 49.4. The Morgan fingerprint density at radius 3 is 2.09 bits per heavy atom. The molecule has 3 amide bonds. The molecule has 0 saturated carbocycles. The Bertz CT molecular complexity index is 2250. The molecule has 0 spiro atoms. The van der Waals surface area contributed by atoms with Gasteiger partial charge in [-0.15, -0.1) is 16.0 Å². The number of carbonyl (C=O) groups is 5. The van der Waals surface area contributed by atoms with Crippen LogP contribution in [0.2, 0.25) is 0 Å². The number of hydrogen-bond donors (Lipinski definition) is 5. The molecule has 2 aromatic heterocycles. The number of aliphatic hydroxyl groups excluding tert-OH is 1. The van der Waals surface area contributed by atoms with Crippen LogP contribution in [0.5, 0.6) is 5.75 Å². The van der Waals surface area contributed by atoms with E-state index in [0.717, 1.165) is 28.0 Å². The lowest BCUT2D eigenvalue weighted by Gasteiger charge is -2.37. The lowest BCUT2D eigenvalue weighted by molar-refractivity contribution is -0.776. The van der Waals surface area contributed by atoms with Gasteiger partial charge in [0.1, 0.15) is 40.4 Å². The molecule has 5 N–H and O–H groups in total. The van der Waals surface area contributed by atoms with E-state index in [9.17, 15) is 34.2 Å². The first-order valence-electron chi connectivity index (χ1n) is 21.6. The van der Waals surface area contributed by atoms with Crippen molar-refractivity contribution in [3.63, 3.8) is 0 Å². The van der Waals surface area contributed by atoms with Gasteiger partial charge in [-0.05, 0) is 126 Å². The summed E-state index contributed by atoms with van der Waals surface area (Å²) in [5, 5.41) is 34.3. The van der Waals surface area contributed by atoms with Gasteiger partial charge in [0.05, 0.1) is 17.9 Å². The number of nitrogens with one attached hydrogen (secondary N) is 3. The molecule has 3 heterocycles. The number of thiazole rings is 1. The number of carbonyl (C=O) groups excluding carboxylic acids is 4. The lowest BCUT2D eigenvalue weighted by Crippen LogP contribution is -2.54. The van der Waals surface area contributed by atoms with Crippen LogP contribution in [0.3, 0.4) is 0 Å². The molecule has 1 aromatic carbocycles. The van der Waals surface area contributed by atoms with Crippen LogP contribution < -0.4 is 25.4 Å². The van der Waals surface area contributed by atoms with Gasteiger partial charge in [0.2, 0.25) is 11.9 Å². The van der Waals surface area contributed by atoms with E-state index in [0.29, 0.717) is 31.7 Å². The number of hydrogen-bond acceptors (Lipinski definition) is 15. The molecule has 0 radical (unpaired) electrons. The number of carboxylic acid groups (broad SMARTS) is 1. The minimum absolute atomic E-state index is 0.0545. The van der Waals surface area contributed by atoms with Crippen LogP contribution in [0.15, 0.2) is 41.1 Å². The highest BCUT2D eigenvalue weighted by molar-refractivity contribution is 7.14. The van der Waals surface area contributed by atoms with E-state index in [-0.39, 0.29) is 30.3 Å². The van der Waals surface area contributed by atoms with Gasteiger partial charge in [-0.3, -0.25) is 5.32 Å². The molecule has 3 atom stereocenters. The Hall–Kier alpha value is -5.96. The Morgan fingerprint density at radius 2 is 1.48 bits per heavy atom. The number of aromatic nitrogens is 3. The van der Waals surface area contributed by atoms with E-state index in [2.05, 4.69) is 26.1 Å². The Morgan fingerprint density at radius 1 is 0.879 bits per heavy atom. The van der Waals surface area contributed by atoms with Gasteiger partial charge in [0, 0.05) is 24.9 Å². The van der Waals surface area contributed by atoms with Crippen molar-refractivity contribution < 1.29 is 67.4 Å². The molecule has 0 saturated heterocycles. The Labute approximate surface area is 389 Å². The van der Waals surface area contributed by atoms with Crippen LogP contribution in [-0.4, -0.2) is 109 Å². The number of anilines is 1. The lowest BCUT2D eigenvalue weighted by atomic mass is 9.89. The van der Waals surface area contributed by atoms with Gasteiger partial charge in [-0.2, -0.15) is 4.68 Å². The van der Waals surface area contributed by atoms with Crippen molar-refractivity contribution in [3.8, 4) is 16.9 Å². The SMILES string of the molecule is CC(C)(C)OC(=O)NCCC[n+]1cc(-c2ccc3c(c2)CC[C@H](C(C)(O/N=C(\C(=O)O)c2csc(NC(=O)OC(C)(C)C)n2)C(=O)OC(C)(C)C)O3)cn1CC(O)CNC(=O)OC(C)(C)C. The van der Waals surface area contributed by atoms with Gasteiger partial charge < -0.3 is 49.4 Å². The molecule has 0 fully saturated rings. The average molecular weight is 945 g/mol. The number of aliphatic hydroxyl groups is 1. The molecule has 0 bridgehead atoms. The van der Waals surface area contributed by atoms with Crippen molar-refractivity contribution >= 4 is 52.4 Å². The molecule has 3 aromatic rings. The van der Waals surface area contributed by atoms with Gasteiger partial charge in [0.15, 0.2) is 17.8 Å². The maximum Gasteiger partial charge on any atom is 0.413 e. The summed E-state index contributed by atoms with van der Waals surface area (Å²) in [6.07, 6.45) is 1.07. The standard InChI is InChI=1S/C45H65N7O13S/c1-41(2,3)61-36(56)45(13,65-50-34(35(54)55)31-26-66-37(48-31)49-40(59)64-44(10,11)12)33-18-16-28-21-27(15-17-32(28)60-33)29-23-51(20-14-19-46-38(57)62-42(4,5)6)52(24-29)25-30(53)22-47-39(58)63-43(7,8)9/h15,17,21,23-24,26,30,33,53H,14,16,18-20,22,25H2,1-13H3,(H3-,46,47,48,49,54,55,57,58,59)/p+1/b50-34-/t30?,33-,45?/m1/s1. The topological polar surface area (TPSA) is 251 Å². The average Bonchev–Trinajstić information content (AvgIpc) is 3.78. The van der Waals surface area contributed by atoms with Gasteiger partial charge in [-0.25, -0.2) is 29.0 Å². The normalized spacial score (nSPS) is 15.8. The van der Waals surface area contributed by atoms with Crippen LogP contribution >= 0.6 is 11.3 Å². The largest absolute Gasteiger partial charge is 0.485 e. The molecule has 4 rings (SSSR count). The number of fused-ring (bicyclic) bond motifs is 1. The van der Waals surface area contributed by atoms with Gasteiger partial charge in [0.25, 0.3) is 5.60 Å². The van der Waals surface area contributed by atoms with Crippen molar-refractivity contribution in [2.45, 2.75) is 163 Å². The predicted molar refractivity (Wildman–Crippen MR) is 243 cm³/mol. The predicted octanol–water partition coefficient (Wildman–Crippen LogP) is 6.35. The summed E-state index contributed by atoms with van der Waals surface area (Å²) in [5.41, 5.74) is -3.34. The molecule has 1 aliphatic heterocycles. The first kappa shape index (κ1) is 52.7. The van der Waals surface area contributed by atoms with Crippen molar-refractivity contribution in [3.05, 3.63) is 47.2 Å². The molecular weight excluding hydrogens is 879 g/mol. The van der Waals surface area contributed by atoms with E-state index < -0.39 is 76.1 Å².